The molecule has 0 radical (unpaired) electrons. The van der Waals surface area contributed by atoms with E-state index in [0.29, 0.717) is 57.1 Å². The summed E-state index contributed by atoms with van der Waals surface area (Å²) in [5, 5.41) is 200. The van der Waals surface area contributed by atoms with E-state index in [9.17, 15) is 96.7 Å². The van der Waals surface area contributed by atoms with Gasteiger partial charge in [0.05, 0.1) is 92.1 Å². The highest BCUT2D eigenvalue weighted by atomic mass is 16.7. The molecule has 558 valence electrons. The molecule has 95 heavy (non-hydrogen) atoms. The van der Waals surface area contributed by atoms with Gasteiger partial charge in [-0.1, -0.05) is 138 Å². The van der Waals surface area contributed by atoms with Crippen LogP contribution in [0.15, 0.2) is 47.6 Å². The van der Waals surface area contributed by atoms with Crippen LogP contribution in [0.5, 0.6) is 0 Å². The Morgan fingerprint density at radius 1 is 0.516 bits per heavy atom. The molecule has 0 spiro atoms. The molecule has 0 amide bonds. The van der Waals surface area contributed by atoms with E-state index in [-0.39, 0.29) is 55.9 Å². The van der Waals surface area contributed by atoms with E-state index in [0.717, 1.165) is 32.1 Å². The Morgan fingerprint density at radius 2 is 1.06 bits per heavy atom. The first-order chi connectivity index (χ1) is 44.5. The van der Waals surface area contributed by atoms with Crippen molar-refractivity contribution >= 4 is 5.97 Å². The lowest BCUT2D eigenvalue weighted by atomic mass is 9.81. The van der Waals surface area contributed by atoms with Crippen LogP contribution in [0, 0.1) is 59.2 Å². The number of nitrogens with two attached hydrogens (primary N) is 1. The molecule has 1 fully saturated rings. The normalized spacial score (nSPS) is 42.5. The predicted molar refractivity (Wildman–Crippen MR) is 362 cm³/mol. The molecule has 0 aliphatic carbocycles. The van der Waals surface area contributed by atoms with Crippen LogP contribution in [0.25, 0.3) is 0 Å². The number of unbranched alkanes of at least 4 members (excludes halogenated alkanes) is 3. The van der Waals surface area contributed by atoms with Crippen LogP contribution >= 0.6 is 0 Å². The van der Waals surface area contributed by atoms with Gasteiger partial charge >= 0.3 is 5.97 Å². The third-order valence-corrected chi connectivity index (χ3v) is 20.8. The second kappa shape index (κ2) is 45.5. The first kappa shape index (κ1) is 88.7. The summed E-state index contributed by atoms with van der Waals surface area (Å²) in [5.41, 5.74) is 6.49. The third-order valence-electron chi connectivity index (χ3n) is 20.8. The molecule has 2 aliphatic heterocycles. The molecule has 31 atom stereocenters. The summed E-state index contributed by atoms with van der Waals surface area (Å²) in [4.78, 5) is 13.5. The number of hydrogen-bond donors (Lipinski definition) is 19. The lowest BCUT2D eigenvalue weighted by molar-refractivity contribution is -0.314. The van der Waals surface area contributed by atoms with Gasteiger partial charge in [-0.3, -0.25) is 4.79 Å². The summed E-state index contributed by atoms with van der Waals surface area (Å²) >= 11 is 0. The summed E-state index contributed by atoms with van der Waals surface area (Å²) in [6.07, 6.45) is -10.2. The van der Waals surface area contributed by atoms with Crippen LogP contribution in [0.1, 0.15) is 199 Å². The number of rotatable bonds is 10. The van der Waals surface area contributed by atoms with Gasteiger partial charge in [-0.05, 0) is 114 Å². The fraction of sp³-hybridized carbons (Fsp3) is 0.875. The molecule has 0 aromatic rings. The van der Waals surface area contributed by atoms with Crippen molar-refractivity contribution in [1.29, 1.82) is 0 Å². The Morgan fingerprint density at radius 3 is 1.67 bits per heavy atom. The second-order valence-corrected chi connectivity index (χ2v) is 29.0. The van der Waals surface area contributed by atoms with Gasteiger partial charge < -0.3 is 112 Å². The number of cyclic esters (lactones) is 1. The highest BCUT2D eigenvalue weighted by molar-refractivity contribution is 5.69. The number of ether oxygens (including phenoxy) is 3. The van der Waals surface area contributed by atoms with Gasteiger partial charge in [-0.15, -0.1) is 0 Å². The Bertz CT molecular complexity index is 2190. The van der Waals surface area contributed by atoms with Crippen LogP contribution in [0.2, 0.25) is 0 Å². The molecule has 20 N–H and O–H groups in total. The molecule has 0 saturated carbocycles. The van der Waals surface area contributed by atoms with Gasteiger partial charge in [0.25, 0.3) is 0 Å². The summed E-state index contributed by atoms with van der Waals surface area (Å²) in [6, 6.07) is 0. The summed E-state index contributed by atoms with van der Waals surface area (Å²) < 4.78 is 17.8. The van der Waals surface area contributed by atoms with E-state index in [1.807, 2.05) is 26.0 Å². The molecular weight excluding hydrogens is 1230 g/mol. The average molecular weight is 1360 g/mol. The Balaban J connectivity index is 2.44. The molecule has 2 rings (SSSR count). The standard InChI is InChI=1S/C72H133NO22/c1-39-22-19-20-25-55(79)46(8)54(78)24-17-15-18-26-62(84)95-71(42(4)23-16-13-14-21-31-73)50(12)59(83)37-53(77)36-58(82)48(10)66(88)47(9)56(80)34-51(75)29-27-40(2)63(85)41(3)28-30-52(76)35-57(81)49(11)67(89)60(33-45(7)65(87)44(6)32-43(5)64(39)86)93-72-70(92)69(91)68(90)61(38-74)94-72/h19,22,28,30,32-33,39-42,44,46-61,63-72,74-83,85-92H,13-18,20-21,23-27,29,31,34-38,73H2,1-12H3/t39?,40?,41?,42?,44?,46?,47?,48?,49?,50?,51?,52?,53?,54?,55?,56?,57?,58?,59?,60?,61-,63?,64?,65?,66?,67?,68-,69+,70+,71?,72+/m1/s1. The number of carbonyl (C=O) groups excluding carboxylic acids is 1. The minimum atomic E-state index is -1.87. The maximum absolute atomic E-state index is 13.5. The Kier molecular flexibility index (Phi) is 42.4. The van der Waals surface area contributed by atoms with E-state index in [4.69, 9.17) is 19.9 Å². The highest BCUT2D eigenvalue weighted by Crippen LogP contribution is 2.33. The molecule has 26 unspecified atom stereocenters. The molecule has 23 heteroatoms. The van der Waals surface area contributed by atoms with Crippen molar-refractivity contribution in [3.05, 3.63) is 47.6 Å². The lowest BCUT2D eigenvalue weighted by Crippen LogP contribution is -2.60. The number of allylic oxidation sites excluding steroid dienone is 1. The fourth-order valence-electron chi connectivity index (χ4n) is 13.2. The van der Waals surface area contributed by atoms with Gasteiger partial charge in [-0.2, -0.15) is 0 Å². The van der Waals surface area contributed by atoms with Gasteiger partial charge in [0.1, 0.15) is 36.6 Å². The number of carbonyl (C=O) groups is 1. The van der Waals surface area contributed by atoms with Gasteiger partial charge in [0.15, 0.2) is 6.29 Å². The maximum atomic E-state index is 13.5. The molecule has 1 saturated heterocycles. The van der Waals surface area contributed by atoms with Crippen LogP contribution in [-0.4, -0.2) is 239 Å². The van der Waals surface area contributed by atoms with Crippen molar-refractivity contribution in [2.45, 2.75) is 327 Å². The quantitative estimate of drug-likeness (QED) is 0.0845. The van der Waals surface area contributed by atoms with Gasteiger partial charge in [-0.25, -0.2) is 0 Å². The maximum Gasteiger partial charge on any atom is 0.306 e. The Labute approximate surface area is 567 Å². The van der Waals surface area contributed by atoms with E-state index in [1.165, 1.54) is 19.1 Å². The van der Waals surface area contributed by atoms with Crippen molar-refractivity contribution in [3.63, 3.8) is 0 Å². The van der Waals surface area contributed by atoms with Crippen molar-refractivity contribution < 1.29 is 111 Å². The van der Waals surface area contributed by atoms with E-state index >= 15 is 0 Å². The van der Waals surface area contributed by atoms with Crippen molar-refractivity contribution in [1.82, 2.24) is 0 Å². The Hall–Kier alpha value is -2.41. The van der Waals surface area contributed by atoms with E-state index in [2.05, 4.69) is 0 Å². The average Bonchev–Trinajstić information content (AvgIpc) is 0.820. The first-order valence-electron chi connectivity index (χ1n) is 35.6. The molecular formula is C72H133NO22. The molecule has 2 aliphatic rings. The first-order valence-corrected chi connectivity index (χ1v) is 35.6. The zero-order valence-electron chi connectivity index (χ0n) is 59.3. The van der Waals surface area contributed by atoms with Crippen LogP contribution in [-0.2, 0) is 19.0 Å². The van der Waals surface area contributed by atoms with E-state index < -0.39 is 188 Å². The fourth-order valence-corrected chi connectivity index (χ4v) is 13.2. The van der Waals surface area contributed by atoms with E-state index in [1.54, 1.807) is 74.5 Å². The lowest BCUT2D eigenvalue weighted by Gasteiger charge is -2.41. The number of hydrogen-bond acceptors (Lipinski definition) is 23. The SMILES string of the molecule is CC1=CC(C)C(O)C(C)=CC(O[C@H]2O[C@H](CO)[C@@H](O)[C@H](O)[C@@H]2O)C(O)C(C)C(O)CC(O)C=CC(C)C(O)C(C)CCC(O)CC(O)C(C)C(O)C(C)C(O)CC(O)CC(O)C(C)C(C(C)CCCCCCN)OC(=O)CCCCCC(O)C(C)C(O)CCC=CC(C)C1O. The smallest absolute Gasteiger partial charge is 0.306 e. The number of aliphatic hydroxyl groups is 18. The zero-order valence-corrected chi connectivity index (χ0v) is 59.3. The third kappa shape index (κ3) is 30.4. The summed E-state index contributed by atoms with van der Waals surface area (Å²) in [6.45, 7) is 20.3. The van der Waals surface area contributed by atoms with Crippen molar-refractivity contribution in [2.24, 2.45) is 64.9 Å². The minimum Gasteiger partial charge on any atom is -0.462 e. The van der Waals surface area contributed by atoms with Gasteiger partial charge in [0.2, 0.25) is 0 Å². The second-order valence-electron chi connectivity index (χ2n) is 29.0. The topological polar surface area (TPSA) is 435 Å². The summed E-state index contributed by atoms with van der Waals surface area (Å²) in [5.74, 6) is -6.35. The van der Waals surface area contributed by atoms with Gasteiger partial charge in [0, 0.05) is 60.2 Å². The molecule has 0 aromatic heterocycles. The predicted octanol–water partition coefficient (Wildman–Crippen LogP) is 3.50. The monoisotopic (exact) mass is 1360 g/mol. The molecule has 2 heterocycles. The molecule has 23 nitrogen and oxygen atoms in total. The van der Waals surface area contributed by atoms with Crippen molar-refractivity contribution in [2.75, 3.05) is 13.2 Å². The molecule has 0 aromatic carbocycles. The van der Waals surface area contributed by atoms with Crippen LogP contribution < -0.4 is 5.73 Å². The number of aliphatic hydroxyl groups excluding tert-OH is 18. The largest absolute Gasteiger partial charge is 0.462 e. The minimum absolute atomic E-state index is 0.104. The van der Waals surface area contributed by atoms with Crippen LogP contribution in [0.3, 0.4) is 0 Å². The molecule has 0 bridgehead atoms. The highest BCUT2D eigenvalue weighted by Gasteiger charge is 2.46. The number of esters is 1. The van der Waals surface area contributed by atoms with Crippen molar-refractivity contribution in [3.8, 4) is 0 Å². The van der Waals surface area contributed by atoms with Crippen LogP contribution in [0.4, 0.5) is 0 Å². The summed E-state index contributed by atoms with van der Waals surface area (Å²) in [7, 11) is 0. The zero-order chi connectivity index (χ0) is 72.1.